The molecule has 4 nitrogen and oxygen atoms in total. The Labute approximate surface area is 112 Å². The molecular formula is C15H18O4. The molecule has 4 heteroatoms. The van der Waals surface area contributed by atoms with Crippen molar-refractivity contribution in [3.63, 3.8) is 0 Å². The predicted octanol–water partition coefficient (Wildman–Crippen LogP) is 2.46. The second-order valence-electron chi connectivity index (χ2n) is 4.29. The first-order chi connectivity index (χ1) is 8.98. The number of rotatable bonds is 6. The molecule has 0 fully saturated rings. The average molecular weight is 262 g/mol. The molecule has 1 N–H and O–H groups in total. The van der Waals surface area contributed by atoms with Gasteiger partial charge in [0.2, 0.25) is 0 Å². The summed E-state index contributed by atoms with van der Waals surface area (Å²) in [6.07, 6.45) is 1.41. The van der Waals surface area contributed by atoms with Crippen LogP contribution in [-0.2, 0) is 19.7 Å². The van der Waals surface area contributed by atoms with E-state index < -0.39 is 17.4 Å². The van der Waals surface area contributed by atoms with E-state index in [0.29, 0.717) is 5.56 Å². The number of ether oxygens (including phenoxy) is 1. The van der Waals surface area contributed by atoms with Crippen LogP contribution in [0.4, 0.5) is 0 Å². The predicted molar refractivity (Wildman–Crippen MR) is 71.9 cm³/mol. The number of aliphatic carboxylic acids is 1. The van der Waals surface area contributed by atoms with Gasteiger partial charge in [0.05, 0.1) is 6.61 Å². The van der Waals surface area contributed by atoms with Crippen LogP contribution >= 0.6 is 0 Å². The maximum atomic E-state index is 12.2. The number of carbonyl (C=O) groups excluding carboxylic acids is 1. The number of hydrogen-bond acceptors (Lipinski definition) is 3. The van der Waals surface area contributed by atoms with E-state index in [2.05, 4.69) is 6.58 Å². The van der Waals surface area contributed by atoms with Gasteiger partial charge in [-0.3, -0.25) is 9.59 Å². The summed E-state index contributed by atoms with van der Waals surface area (Å²) < 4.78 is 4.95. The van der Waals surface area contributed by atoms with Gasteiger partial charge in [-0.25, -0.2) is 0 Å². The highest BCUT2D eigenvalue weighted by molar-refractivity contribution is 6.05. The fourth-order valence-corrected chi connectivity index (χ4v) is 2.00. The number of esters is 1. The van der Waals surface area contributed by atoms with Gasteiger partial charge in [-0.1, -0.05) is 35.9 Å². The molecule has 0 amide bonds. The maximum Gasteiger partial charge on any atom is 0.328 e. The monoisotopic (exact) mass is 262 g/mol. The number of allylic oxidation sites excluding steroid dienone is 1. The van der Waals surface area contributed by atoms with Gasteiger partial charge in [0.25, 0.3) is 0 Å². The zero-order valence-corrected chi connectivity index (χ0v) is 11.2. The van der Waals surface area contributed by atoms with Crippen molar-refractivity contribution in [3.05, 3.63) is 48.0 Å². The smallest absolute Gasteiger partial charge is 0.328 e. The lowest BCUT2D eigenvalue weighted by atomic mass is 9.77. The molecule has 0 heterocycles. The maximum absolute atomic E-state index is 12.2. The average Bonchev–Trinajstić information content (AvgIpc) is 2.35. The van der Waals surface area contributed by atoms with Crippen molar-refractivity contribution in [3.8, 4) is 0 Å². The van der Waals surface area contributed by atoms with Crippen LogP contribution in [0.15, 0.2) is 36.9 Å². The molecule has 0 saturated carbocycles. The van der Waals surface area contributed by atoms with Crippen molar-refractivity contribution in [2.75, 3.05) is 6.61 Å². The minimum Gasteiger partial charge on any atom is -0.480 e. The summed E-state index contributed by atoms with van der Waals surface area (Å²) in [6.45, 7) is 7.17. The van der Waals surface area contributed by atoms with Crippen LogP contribution in [0.2, 0.25) is 0 Å². The Bertz CT molecular complexity index is 493. The fourth-order valence-electron chi connectivity index (χ4n) is 2.00. The SMILES string of the molecule is C=CCC(C(=O)O)(C(=O)OCC)c1cccc(C)c1. The van der Waals surface area contributed by atoms with E-state index in [9.17, 15) is 14.7 Å². The fraction of sp³-hybridized carbons (Fsp3) is 0.333. The van der Waals surface area contributed by atoms with Crippen LogP contribution in [0.5, 0.6) is 0 Å². The van der Waals surface area contributed by atoms with Crippen molar-refractivity contribution in [1.29, 1.82) is 0 Å². The Hall–Kier alpha value is -2.10. The van der Waals surface area contributed by atoms with Gasteiger partial charge in [-0.05, 0) is 25.8 Å². The van der Waals surface area contributed by atoms with Crippen LogP contribution in [0, 0.1) is 6.92 Å². The van der Waals surface area contributed by atoms with Crippen LogP contribution < -0.4 is 0 Å². The number of hydrogen-bond donors (Lipinski definition) is 1. The van der Waals surface area contributed by atoms with E-state index in [4.69, 9.17) is 4.74 Å². The summed E-state index contributed by atoms with van der Waals surface area (Å²) in [5.41, 5.74) is -0.418. The third-order valence-corrected chi connectivity index (χ3v) is 2.95. The second-order valence-corrected chi connectivity index (χ2v) is 4.29. The third-order valence-electron chi connectivity index (χ3n) is 2.95. The van der Waals surface area contributed by atoms with Gasteiger partial charge in [0.15, 0.2) is 5.41 Å². The van der Waals surface area contributed by atoms with Crippen molar-refractivity contribution in [2.24, 2.45) is 0 Å². The topological polar surface area (TPSA) is 63.6 Å². The standard InChI is InChI=1S/C15H18O4/c1-4-9-15(13(16)17,14(18)19-5-2)12-8-6-7-11(3)10-12/h4,6-8,10H,1,5,9H2,2-3H3,(H,16,17). The van der Waals surface area contributed by atoms with E-state index in [1.165, 1.54) is 6.08 Å². The Kier molecular flexibility index (Phi) is 4.87. The summed E-state index contributed by atoms with van der Waals surface area (Å²) in [5.74, 6) is -1.98. The number of carbonyl (C=O) groups is 2. The van der Waals surface area contributed by atoms with Crippen LogP contribution in [-0.4, -0.2) is 23.7 Å². The molecule has 19 heavy (non-hydrogen) atoms. The van der Waals surface area contributed by atoms with Crippen molar-refractivity contribution in [2.45, 2.75) is 25.7 Å². The molecule has 102 valence electrons. The number of benzene rings is 1. The first-order valence-corrected chi connectivity index (χ1v) is 6.07. The van der Waals surface area contributed by atoms with Gasteiger partial charge in [0, 0.05) is 0 Å². The van der Waals surface area contributed by atoms with E-state index in [-0.39, 0.29) is 13.0 Å². The Morgan fingerprint density at radius 2 is 2.16 bits per heavy atom. The minimum absolute atomic E-state index is 0.00931. The number of carboxylic acids is 1. The summed E-state index contributed by atoms with van der Waals surface area (Å²) in [7, 11) is 0. The Morgan fingerprint density at radius 1 is 1.47 bits per heavy atom. The van der Waals surface area contributed by atoms with E-state index >= 15 is 0 Å². The lowest BCUT2D eigenvalue weighted by Crippen LogP contribution is -2.44. The van der Waals surface area contributed by atoms with E-state index in [0.717, 1.165) is 5.56 Å². The molecule has 1 rings (SSSR count). The highest BCUT2D eigenvalue weighted by atomic mass is 16.5. The minimum atomic E-state index is -1.72. The first-order valence-electron chi connectivity index (χ1n) is 6.07. The summed E-state index contributed by atoms with van der Waals surface area (Å²) in [4.78, 5) is 23.8. The van der Waals surface area contributed by atoms with Crippen molar-refractivity contribution >= 4 is 11.9 Å². The highest BCUT2D eigenvalue weighted by Crippen LogP contribution is 2.31. The molecule has 0 spiro atoms. The largest absolute Gasteiger partial charge is 0.480 e. The molecule has 0 saturated heterocycles. The van der Waals surface area contributed by atoms with Crippen LogP contribution in [0.25, 0.3) is 0 Å². The first kappa shape index (κ1) is 15.0. The summed E-state index contributed by atoms with van der Waals surface area (Å²) in [5, 5.41) is 9.55. The van der Waals surface area contributed by atoms with Crippen molar-refractivity contribution < 1.29 is 19.4 Å². The molecule has 0 bridgehead atoms. The summed E-state index contributed by atoms with van der Waals surface area (Å²) >= 11 is 0. The van der Waals surface area contributed by atoms with E-state index in [1.807, 2.05) is 13.0 Å². The molecule has 1 atom stereocenters. The van der Waals surface area contributed by atoms with Gasteiger partial charge < -0.3 is 9.84 Å². The molecule has 0 aliphatic carbocycles. The van der Waals surface area contributed by atoms with Crippen LogP contribution in [0.3, 0.4) is 0 Å². The third kappa shape index (κ3) is 2.84. The van der Waals surface area contributed by atoms with Gasteiger partial charge in [0.1, 0.15) is 0 Å². The Morgan fingerprint density at radius 3 is 2.63 bits per heavy atom. The van der Waals surface area contributed by atoms with Crippen molar-refractivity contribution in [1.82, 2.24) is 0 Å². The number of aryl methyl sites for hydroxylation is 1. The molecule has 1 aromatic carbocycles. The van der Waals surface area contributed by atoms with E-state index in [1.54, 1.807) is 25.1 Å². The molecule has 1 aromatic rings. The second kappa shape index (κ2) is 6.18. The molecular weight excluding hydrogens is 244 g/mol. The molecule has 0 aromatic heterocycles. The Balaban J connectivity index is 3.43. The van der Waals surface area contributed by atoms with Crippen LogP contribution in [0.1, 0.15) is 24.5 Å². The highest BCUT2D eigenvalue weighted by Gasteiger charge is 2.48. The molecule has 0 aliphatic rings. The zero-order chi connectivity index (χ0) is 14.5. The lowest BCUT2D eigenvalue weighted by molar-refractivity contribution is -0.161. The lowest BCUT2D eigenvalue weighted by Gasteiger charge is -2.26. The molecule has 0 radical (unpaired) electrons. The summed E-state index contributed by atoms with van der Waals surface area (Å²) in [6, 6.07) is 6.88. The van der Waals surface area contributed by atoms with Gasteiger partial charge in [-0.2, -0.15) is 0 Å². The van der Waals surface area contributed by atoms with Gasteiger partial charge in [-0.15, -0.1) is 6.58 Å². The molecule has 1 unspecified atom stereocenters. The normalized spacial score (nSPS) is 13.4. The number of carboxylic acid groups (broad SMARTS) is 1. The zero-order valence-electron chi connectivity index (χ0n) is 11.2. The molecule has 0 aliphatic heterocycles. The van der Waals surface area contributed by atoms with Gasteiger partial charge >= 0.3 is 11.9 Å². The quantitative estimate of drug-likeness (QED) is 0.486.